The van der Waals surface area contributed by atoms with Crippen molar-refractivity contribution in [3.05, 3.63) is 100 Å². The molecule has 0 fully saturated rings. The predicted molar refractivity (Wildman–Crippen MR) is 102 cm³/mol. The Hall–Kier alpha value is -3.11. The normalized spacial score (nSPS) is 14.1. The molecule has 3 aromatic rings. The van der Waals surface area contributed by atoms with Crippen LogP contribution >= 0.6 is 11.6 Å². The largest absolute Gasteiger partial charge is 0.489 e. The van der Waals surface area contributed by atoms with Gasteiger partial charge in [-0.2, -0.15) is 0 Å². The average Bonchev–Trinajstić information content (AvgIpc) is 2.97. The summed E-state index contributed by atoms with van der Waals surface area (Å²) in [5, 5.41) is 0.641. The maximum Gasteiger partial charge on any atom is 0.231 e. The van der Waals surface area contributed by atoms with Crippen LogP contribution in [0.25, 0.3) is 6.08 Å². The molecule has 1 heterocycles. The van der Waals surface area contributed by atoms with Gasteiger partial charge in [-0.3, -0.25) is 4.79 Å². The highest BCUT2D eigenvalue weighted by Gasteiger charge is 2.28. The molecule has 3 nitrogen and oxygen atoms in total. The van der Waals surface area contributed by atoms with E-state index in [4.69, 9.17) is 21.1 Å². The van der Waals surface area contributed by atoms with Gasteiger partial charge in [0, 0.05) is 16.7 Å². The molecule has 27 heavy (non-hydrogen) atoms. The molecule has 5 heteroatoms. The summed E-state index contributed by atoms with van der Waals surface area (Å²) in [5.41, 5.74) is 1.65. The van der Waals surface area contributed by atoms with Crippen molar-refractivity contribution < 1.29 is 18.7 Å². The van der Waals surface area contributed by atoms with Crippen molar-refractivity contribution in [3.63, 3.8) is 0 Å². The van der Waals surface area contributed by atoms with E-state index in [1.54, 1.807) is 42.5 Å². The summed E-state index contributed by atoms with van der Waals surface area (Å²) in [6.45, 7) is 0.339. The highest BCUT2D eigenvalue weighted by molar-refractivity contribution is 6.30. The highest BCUT2D eigenvalue weighted by atomic mass is 35.5. The third kappa shape index (κ3) is 3.71. The van der Waals surface area contributed by atoms with Gasteiger partial charge in [-0.15, -0.1) is 0 Å². The number of allylic oxidation sites excluding steroid dienone is 1. The Morgan fingerprint density at radius 2 is 1.89 bits per heavy atom. The van der Waals surface area contributed by atoms with Gasteiger partial charge >= 0.3 is 0 Å². The average molecular weight is 381 g/mol. The second kappa shape index (κ2) is 7.25. The second-order valence-electron chi connectivity index (χ2n) is 6.04. The second-order valence-corrected chi connectivity index (χ2v) is 6.47. The van der Waals surface area contributed by atoms with Crippen LogP contribution in [0.4, 0.5) is 4.39 Å². The van der Waals surface area contributed by atoms with Crippen LogP contribution in [-0.4, -0.2) is 5.78 Å². The lowest BCUT2D eigenvalue weighted by Gasteiger charge is -2.07. The Morgan fingerprint density at radius 1 is 1.04 bits per heavy atom. The van der Waals surface area contributed by atoms with Crippen molar-refractivity contribution in [3.8, 4) is 11.5 Å². The summed E-state index contributed by atoms with van der Waals surface area (Å²) in [4.78, 5) is 12.5. The fraction of sp³-hybridized carbons (Fsp3) is 0.0455. The molecule has 0 N–H and O–H groups in total. The first-order chi connectivity index (χ1) is 13.1. The Morgan fingerprint density at radius 3 is 2.70 bits per heavy atom. The molecule has 1 aliphatic heterocycles. The number of fused-ring (bicyclic) bond motifs is 1. The lowest BCUT2D eigenvalue weighted by Crippen LogP contribution is -1.98. The fourth-order valence-corrected chi connectivity index (χ4v) is 3.00. The monoisotopic (exact) mass is 380 g/mol. The van der Waals surface area contributed by atoms with Crippen molar-refractivity contribution in [2.45, 2.75) is 6.61 Å². The van der Waals surface area contributed by atoms with Crippen molar-refractivity contribution in [2.24, 2.45) is 0 Å². The van der Waals surface area contributed by atoms with Gasteiger partial charge in [0.2, 0.25) is 5.78 Å². The van der Waals surface area contributed by atoms with Crippen LogP contribution < -0.4 is 9.47 Å². The van der Waals surface area contributed by atoms with Gasteiger partial charge in [0.1, 0.15) is 23.9 Å². The Kier molecular flexibility index (Phi) is 4.65. The van der Waals surface area contributed by atoms with Crippen molar-refractivity contribution in [1.29, 1.82) is 0 Å². The van der Waals surface area contributed by atoms with E-state index >= 15 is 0 Å². The smallest absolute Gasteiger partial charge is 0.231 e. The van der Waals surface area contributed by atoms with Crippen molar-refractivity contribution >= 4 is 23.5 Å². The van der Waals surface area contributed by atoms with E-state index < -0.39 is 5.82 Å². The molecule has 0 saturated carbocycles. The van der Waals surface area contributed by atoms with Crippen LogP contribution in [0, 0.1) is 5.82 Å². The summed E-state index contributed by atoms with van der Waals surface area (Å²) >= 11 is 5.97. The minimum absolute atomic E-state index is 0.0853. The summed E-state index contributed by atoms with van der Waals surface area (Å²) in [6.07, 6.45) is 1.41. The van der Waals surface area contributed by atoms with Gasteiger partial charge in [-0.25, -0.2) is 4.39 Å². The molecule has 0 amide bonds. The topological polar surface area (TPSA) is 35.5 Å². The standard InChI is InChI=1S/C22H14ClFO3/c23-16-6-3-4-14(10-16)13-26-17-8-9-18-20(12-17)27-21(22(18)25)11-15-5-1-2-7-19(15)24/h1-12H,13H2/b21-11-. The van der Waals surface area contributed by atoms with Crippen molar-refractivity contribution in [2.75, 3.05) is 0 Å². The molecule has 3 aromatic carbocycles. The number of carbonyl (C=O) groups is 1. The van der Waals surface area contributed by atoms with E-state index in [1.807, 2.05) is 18.2 Å². The zero-order valence-electron chi connectivity index (χ0n) is 14.1. The van der Waals surface area contributed by atoms with Gasteiger partial charge in [-0.05, 0) is 42.0 Å². The van der Waals surface area contributed by atoms with Crippen LogP contribution in [0.5, 0.6) is 11.5 Å². The maximum absolute atomic E-state index is 13.8. The van der Waals surface area contributed by atoms with E-state index in [9.17, 15) is 9.18 Å². The number of ether oxygens (including phenoxy) is 2. The summed E-state index contributed by atoms with van der Waals surface area (Å²) in [5.74, 6) is 0.347. The molecule has 1 aliphatic rings. The zero-order chi connectivity index (χ0) is 18.8. The first kappa shape index (κ1) is 17.3. The lowest BCUT2D eigenvalue weighted by molar-refractivity contribution is 0.101. The van der Waals surface area contributed by atoms with E-state index in [0.29, 0.717) is 34.3 Å². The van der Waals surface area contributed by atoms with Crippen molar-refractivity contribution in [1.82, 2.24) is 0 Å². The van der Waals surface area contributed by atoms with Crippen LogP contribution in [0.3, 0.4) is 0 Å². The molecular formula is C22H14ClFO3. The highest BCUT2D eigenvalue weighted by Crippen LogP contribution is 2.35. The van der Waals surface area contributed by atoms with Crippen LogP contribution in [-0.2, 0) is 6.61 Å². The number of halogens is 2. The first-order valence-corrected chi connectivity index (χ1v) is 8.68. The van der Waals surface area contributed by atoms with Crippen LogP contribution in [0.2, 0.25) is 5.02 Å². The van der Waals surface area contributed by atoms with Gasteiger partial charge < -0.3 is 9.47 Å². The molecule has 0 aliphatic carbocycles. The molecule has 4 rings (SSSR count). The number of hydrogen-bond acceptors (Lipinski definition) is 3. The minimum atomic E-state index is -0.414. The van der Waals surface area contributed by atoms with Gasteiger partial charge in [0.15, 0.2) is 5.76 Å². The molecule has 0 bridgehead atoms. The molecule has 0 saturated heterocycles. The Bertz CT molecular complexity index is 1060. The number of carbonyl (C=O) groups excluding carboxylic acids is 1. The van der Waals surface area contributed by atoms with E-state index in [-0.39, 0.29) is 11.5 Å². The number of ketones is 1. The van der Waals surface area contributed by atoms with Crippen LogP contribution in [0.1, 0.15) is 21.5 Å². The molecule has 0 aromatic heterocycles. The Balaban J connectivity index is 1.53. The van der Waals surface area contributed by atoms with Crippen LogP contribution in [0.15, 0.2) is 72.5 Å². The number of benzene rings is 3. The summed E-state index contributed by atoms with van der Waals surface area (Å²) in [7, 11) is 0. The summed E-state index contributed by atoms with van der Waals surface area (Å²) in [6, 6.07) is 18.6. The third-order valence-electron chi connectivity index (χ3n) is 4.13. The molecule has 0 atom stereocenters. The maximum atomic E-state index is 13.8. The number of rotatable bonds is 4. The van der Waals surface area contributed by atoms with Gasteiger partial charge in [-0.1, -0.05) is 41.9 Å². The molecule has 0 radical (unpaired) electrons. The zero-order valence-corrected chi connectivity index (χ0v) is 14.9. The molecule has 0 spiro atoms. The molecule has 134 valence electrons. The lowest BCUT2D eigenvalue weighted by atomic mass is 10.1. The summed E-state index contributed by atoms with van der Waals surface area (Å²) < 4.78 is 25.2. The number of hydrogen-bond donors (Lipinski definition) is 0. The first-order valence-electron chi connectivity index (χ1n) is 8.30. The van der Waals surface area contributed by atoms with E-state index in [0.717, 1.165) is 5.56 Å². The van der Waals surface area contributed by atoms with Gasteiger partial charge in [0.05, 0.1) is 5.56 Å². The van der Waals surface area contributed by atoms with E-state index in [2.05, 4.69) is 0 Å². The van der Waals surface area contributed by atoms with Gasteiger partial charge in [0.25, 0.3) is 0 Å². The van der Waals surface area contributed by atoms with E-state index in [1.165, 1.54) is 12.1 Å². The molecule has 0 unspecified atom stereocenters. The third-order valence-corrected chi connectivity index (χ3v) is 4.36. The molecular weight excluding hydrogens is 367 g/mol. The predicted octanol–water partition coefficient (Wildman–Crippen LogP) is 5.67. The SMILES string of the molecule is O=C1/C(=C/c2ccccc2F)Oc2cc(OCc3cccc(Cl)c3)ccc21. The quantitative estimate of drug-likeness (QED) is 0.547. The fourth-order valence-electron chi connectivity index (χ4n) is 2.78. The Labute approximate surface area is 160 Å². The number of Topliss-reactive ketones (excluding diaryl/α,β-unsaturated/α-hetero) is 1. The minimum Gasteiger partial charge on any atom is -0.489 e.